The predicted octanol–water partition coefficient (Wildman–Crippen LogP) is 3.50. The van der Waals surface area contributed by atoms with Crippen LogP contribution in [0.3, 0.4) is 0 Å². The number of benzene rings is 2. The van der Waals surface area contributed by atoms with Gasteiger partial charge in [0.15, 0.2) is 6.10 Å². The second-order valence-electron chi connectivity index (χ2n) is 6.57. The zero-order valence-electron chi connectivity index (χ0n) is 16.4. The summed E-state index contributed by atoms with van der Waals surface area (Å²) in [7, 11) is 0. The van der Waals surface area contributed by atoms with Gasteiger partial charge in [-0.2, -0.15) is 0 Å². The van der Waals surface area contributed by atoms with Gasteiger partial charge in [-0.15, -0.1) is 0 Å². The molecule has 0 heterocycles. The van der Waals surface area contributed by atoms with Crippen molar-refractivity contribution in [3.63, 3.8) is 0 Å². The first-order chi connectivity index (χ1) is 13.4. The van der Waals surface area contributed by atoms with Crippen molar-refractivity contribution in [2.75, 3.05) is 11.9 Å². The molecule has 2 N–H and O–H groups in total. The summed E-state index contributed by atoms with van der Waals surface area (Å²) in [4.78, 5) is 36.3. The Morgan fingerprint density at radius 1 is 0.964 bits per heavy atom. The lowest BCUT2D eigenvalue weighted by molar-refractivity contribution is -0.152. The Labute approximate surface area is 165 Å². The minimum absolute atomic E-state index is 0.294. The summed E-state index contributed by atoms with van der Waals surface area (Å²) in [5, 5.41) is 5.30. The van der Waals surface area contributed by atoms with Crippen LogP contribution in [0.4, 0.5) is 5.69 Å². The molecule has 0 unspecified atom stereocenters. The highest BCUT2D eigenvalue weighted by Gasteiger charge is 2.20. The average molecular weight is 382 g/mol. The molecule has 0 bridgehead atoms. The molecule has 6 heteroatoms. The highest BCUT2D eigenvalue weighted by molar-refractivity contribution is 5.97. The fourth-order valence-electron chi connectivity index (χ4n) is 2.63. The van der Waals surface area contributed by atoms with Crippen LogP contribution in [-0.2, 0) is 14.3 Å². The molecule has 0 saturated carbocycles. The fraction of sp³-hybridized carbons (Fsp3) is 0.318. The van der Waals surface area contributed by atoms with Crippen LogP contribution in [-0.4, -0.2) is 30.4 Å². The average Bonchev–Trinajstić information content (AvgIpc) is 2.72. The monoisotopic (exact) mass is 382 g/mol. The Hall–Kier alpha value is -3.15. The van der Waals surface area contributed by atoms with Crippen LogP contribution in [0.25, 0.3) is 0 Å². The van der Waals surface area contributed by atoms with Gasteiger partial charge in [0.25, 0.3) is 11.8 Å². The molecule has 0 aliphatic heterocycles. The normalized spacial score (nSPS) is 12.5. The molecule has 2 amide bonds. The number of carbonyl (C=O) groups is 3. The molecule has 28 heavy (non-hydrogen) atoms. The van der Waals surface area contributed by atoms with Crippen LogP contribution in [0.2, 0.25) is 0 Å². The van der Waals surface area contributed by atoms with Crippen LogP contribution in [0, 0.1) is 0 Å². The smallest absolute Gasteiger partial charge is 0.326 e. The number of rotatable bonds is 8. The third-order valence-corrected chi connectivity index (χ3v) is 4.47. The van der Waals surface area contributed by atoms with Gasteiger partial charge < -0.3 is 15.4 Å². The lowest BCUT2D eigenvalue weighted by Crippen LogP contribution is -2.36. The molecule has 0 fully saturated rings. The largest absolute Gasteiger partial charge is 0.451 e. The van der Waals surface area contributed by atoms with E-state index in [1.165, 1.54) is 6.92 Å². The number of amides is 2. The third-order valence-electron chi connectivity index (χ3n) is 4.47. The third kappa shape index (κ3) is 5.94. The number of anilines is 1. The van der Waals surface area contributed by atoms with Gasteiger partial charge in [-0.1, -0.05) is 50.2 Å². The molecular formula is C22H26N2O4. The van der Waals surface area contributed by atoms with Crippen LogP contribution < -0.4 is 10.6 Å². The highest BCUT2D eigenvalue weighted by atomic mass is 16.5. The van der Waals surface area contributed by atoms with E-state index in [0.717, 1.165) is 12.0 Å². The van der Waals surface area contributed by atoms with Crippen molar-refractivity contribution in [1.82, 2.24) is 5.32 Å². The van der Waals surface area contributed by atoms with E-state index in [9.17, 15) is 14.4 Å². The van der Waals surface area contributed by atoms with Gasteiger partial charge in [0.1, 0.15) is 6.54 Å². The molecule has 0 aliphatic rings. The number of ether oxygens (including phenoxy) is 1. The van der Waals surface area contributed by atoms with Crippen molar-refractivity contribution in [3.05, 3.63) is 65.7 Å². The molecule has 2 rings (SSSR count). The second-order valence-corrected chi connectivity index (χ2v) is 6.57. The Morgan fingerprint density at radius 3 is 2.29 bits per heavy atom. The molecule has 6 nitrogen and oxygen atoms in total. The van der Waals surface area contributed by atoms with Crippen molar-refractivity contribution in [2.24, 2.45) is 0 Å². The lowest BCUT2D eigenvalue weighted by Gasteiger charge is -2.18. The number of carbonyl (C=O) groups excluding carboxylic acids is 3. The Bertz CT molecular complexity index is 820. The van der Waals surface area contributed by atoms with Crippen molar-refractivity contribution in [1.29, 1.82) is 0 Å². The Morgan fingerprint density at radius 2 is 1.61 bits per heavy atom. The van der Waals surface area contributed by atoms with E-state index < -0.39 is 18.0 Å². The maximum Gasteiger partial charge on any atom is 0.326 e. The Balaban J connectivity index is 1.87. The molecular weight excluding hydrogens is 356 g/mol. The van der Waals surface area contributed by atoms with Gasteiger partial charge in [-0.05, 0) is 43.0 Å². The predicted molar refractivity (Wildman–Crippen MR) is 108 cm³/mol. The fourth-order valence-corrected chi connectivity index (χ4v) is 2.63. The van der Waals surface area contributed by atoms with Gasteiger partial charge in [0.2, 0.25) is 0 Å². The van der Waals surface area contributed by atoms with Crippen molar-refractivity contribution in [3.8, 4) is 0 Å². The van der Waals surface area contributed by atoms with Crippen LogP contribution in [0.15, 0.2) is 54.6 Å². The maximum absolute atomic E-state index is 12.4. The quantitative estimate of drug-likeness (QED) is 0.685. The van der Waals surface area contributed by atoms with Crippen LogP contribution in [0.1, 0.15) is 49.0 Å². The van der Waals surface area contributed by atoms with Crippen molar-refractivity contribution in [2.45, 2.75) is 39.2 Å². The first kappa shape index (κ1) is 21.2. The van der Waals surface area contributed by atoms with Gasteiger partial charge in [-0.25, -0.2) is 0 Å². The number of esters is 1. The maximum atomic E-state index is 12.4. The summed E-state index contributed by atoms with van der Waals surface area (Å²) in [5.41, 5.74) is 2.19. The summed E-state index contributed by atoms with van der Waals surface area (Å²) in [6.45, 7) is 5.36. The molecule has 2 aromatic rings. The van der Waals surface area contributed by atoms with E-state index in [4.69, 9.17) is 4.74 Å². The number of nitrogens with one attached hydrogen (secondary N) is 2. The summed E-state index contributed by atoms with van der Waals surface area (Å²) in [6.07, 6.45) is -0.0375. The summed E-state index contributed by atoms with van der Waals surface area (Å²) in [6, 6.07) is 16.1. The Kier molecular flexibility index (Phi) is 7.75. The molecule has 148 valence electrons. The summed E-state index contributed by atoms with van der Waals surface area (Å²) >= 11 is 0. The van der Waals surface area contributed by atoms with E-state index in [2.05, 4.69) is 24.5 Å². The van der Waals surface area contributed by atoms with Gasteiger partial charge in [-0.3, -0.25) is 14.4 Å². The molecule has 0 radical (unpaired) electrons. The van der Waals surface area contributed by atoms with Gasteiger partial charge >= 0.3 is 5.97 Å². The highest BCUT2D eigenvalue weighted by Crippen LogP contribution is 2.26. The van der Waals surface area contributed by atoms with Gasteiger partial charge in [0.05, 0.1) is 0 Å². The number of para-hydroxylation sites is 1. The van der Waals surface area contributed by atoms with E-state index in [0.29, 0.717) is 17.2 Å². The molecule has 2 aromatic carbocycles. The van der Waals surface area contributed by atoms with E-state index in [-0.39, 0.29) is 12.5 Å². The van der Waals surface area contributed by atoms with Crippen LogP contribution in [0.5, 0.6) is 0 Å². The van der Waals surface area contributed by atoms with E-state index in [1.807, 2.05) is 24.3 Å². The number of hydrogen-bond acceptors (Lipinski definition) is 4. The van der Waals surface area contributed by atoms with Crippen molar-refractivity contribution < 1.29 is 19.1 Å². The lowest BCUT2D eigenvalue weighted by atomic mass is 9.97. The van der Waals surface area contributed by atoms with Crippen molar-refractivity contribution >= 4 is 23.5 Å². The van der Waals surface area contributed by atoms with Crippen LogP contribution >= 0.6 is 0 Å². The molecule has 0 saturated heterocycles. The molecule has 0 aliphatic carbocycles. The first-order valence-electron chi connectivity index (χ1n) is 9.34. The minimum Gasteiger partial charge on any atom is -0.451 e. The standard InChI is InChI=1S/C22H26N2O4/c1-4-15(2)18-12-8-9-13-19(18)24-21(26)16(3)28-20(25)14-23-22(27)17-10-6-5-7-11-17/h5-13,15-16H,4,14H2,1-3H3,(H,23,27)(H,24,26)/t15-,16+/m1/s1. The SMILES string of the molecule is CC[C@@H](C)c1ccccc1NC(=O)[C@H](C)OC(=O)CNC(=O)c1ccccc1. The first-order valence-corrected chi connectivity index (χ1v) is 9.34. The van der Waals surface area contributed by atoms with Gasteiger partial charge in [0, 0.05) is 11.3 Å². The minimum atomic E-state index is -0.980. The molecule has 0 spiro atoms. The molecule has 2 atom stereocenters. The summed E-state index contributed by atoms with van der Waals surface area (Å²) in [5.74, 6) is -1.18. The second kappa shape index (κ2) is 10.3. The zero-order valence-corrected chi connectivity index (χ0v) is 16.4. The topological polar surface area (TPSA) is 84.5 Å². The zero-order chi connectivity index (χ0) is 20.5. The van der Waals surface area contributed by atoms with E-state index in [1.54, 1.807) is 30.3 Å². The summed E-state index contributed by atoms with van der Waals surface area (Å²) < 4.78 is 5.13. The van der Waals surface area contributed by atoms with E-state index >= 15 is 0 Å². The molecule has 0 aromatic heterocycles. The number of hydrogen-bond donors (Lipinski definition) is 2.